The van der Waals surface area contributed by atoms with Crippen molar-refractivity contribution in [3.8, 4) is 11.5 Å². The fourth-order valence-electron chi connectivity index (χ4n) is 1.38. The highest BCUT2D eigenvalue weighted by atomic mass is 79.9. The van der Waals surface area contributed by atoms with E-state index in [9.17, 15) is 14.3 Å². The molecular formula is C11H12BrFO4. The van der Waals surface area contributed by atoms with Crippen LogP contribution in [-0.2, 0) is 11.2 Å². The first kappa shape index (κ1) is 13.8. The number of carboxylic acid groups (broad SMARTS) is 1. The Morgan fingerprint density at radius 1 is 1.65 bits per heavy atom. The summed E-state index contributed by atoms with van der Waals surface area (Å²) < 4.78 is 18.7. The highest BCUT2D eigenvalue weighted by molar-refractivity contribution is 9.10. The molecule has 0 aromatic heterocycles. The molecule has 94 valence electrons. The Balaban J connectivity index is 3.22. The van der Waals surface area contributed by atoms with Crippen LogP contribution < -0.4 is 4.74 Å². The topological polar surface area (TPSA) is 66.8 Å². The number of methoxy groups -OCH3 is 1. The van der Waals surface area contributed by atoms with Gasteiger partial charge in [-0.3, -0.25) is 4.79 Å². The predicted octanol–water partition coefficient (Wildman–Crippen LogP) is 2.57. The van der Waals surface area contributed by atoms with E-state index in [0.717, 1.165) is 0 Å². The van der Waals surface area contributed by atoms with Gasteiger partial charge in [-0.25, -0.2) is 4.39 Å². The molecule has 0 spiro atoms. The Kier molecular flexibility index (Phi) is 4.34. The van der Waals surface area contributed by atoms with E-state index in [2.05, 4.69) is 15.9 Å². The Morgan fingerprint density at radius 3 is 2.71 bits per heavy atom. The van der Waals surface area contributed by atoms with Gasteiger partial charge in [0, 0.05) is 11.6 Å². The summed E-state index contributed by atoms with van der Waals surface area (Å²) in [4.78, 5) is 10.7. The molecule has 1 unspecified atom stereocenters. The molecule has 0 aliphatic carbocycles. The van der Waals surface area contributed by atoms with E-state index in [1.54, 1.807) is 0 Å². The molecule has 0 aliphatic rings. The Hall–Kier alpha value is -1.30. The molecule has 1 aromatic rings. The van der Waals surface area contributed by atoms with Crippen molar-refractivity contribution in [1.29, 1.82) is 0 Å². The summed E-state index contributed by atoms with van der Waals surface area (Å²) in [5, 5.41) is 18.5. The lowest BCUT2D eigenvalue weighted by atomic mass is 9.99. The third kappa shape index (κ3) is 2.88. The normalized spacial score (nSPS) is 12.2. The molecule has 0 heterocycles. The first-order chi connectivity index (χ1) is 7.88. The molecule has 6 heteroatoms. The van der Waals surface area contributed by atoms with Gasteiger partial charge in [-0.05, 0) is 22.4 Å². The van der Waals surface area contributed by atoms with Crippen LogP contribution >= 0.6 is 15.9 Å². The van der Waals surface area contributed by atoms with Gasteiger partial charge >= 0.3 is 5.97 Å². The molecule has 0 radical (unpaired) electrons. The highest BCUT2D eigenvalue weighted by Crippen LogP contribution is 2.37. The second kappa shape index (κ2) is 5.35. The van der Waals surface area contributed by atoms with E-state index in [4.69, 9.17) is 9.84 Å². The van der Waals surface area contributed by atoms with Gasteiger partial charge in [0.05, 0.1) is 17.5 Å². The maximum atomic E-state index is 13.7. The lowest BCUT2D eigenvalue weighted by molar-refractivity contribution is -0.141. The van der Waals surface area contributed by atoms with E-state index < -0.39 is 17.7 Å². The van der Waals surface area contributed by atoms with Gasteiger partial charge in [0.15, 0.2) is 11.5 Å². The number of aromatic hydroxyl groups is 1. The van der Waals surface area contributed by atoms with Gasteiger partial charge in [0.25, 0.3) is 0 Å². The molecular weight excluding hydrogens is 295 g/mol. The Bertz CT molecular complexity index is 448. The van der Waals surface area contributed by atoms with Gasteiger partial charge in [-0.15, -0.1) is 0 Å². The lowest BCUT2D eigenvalue weighted by Crippen LogP contribution is -2.13. The van der Waals surface area contributed by atoms with E-state index in [1.807, 2.05) is 0 Å². The molecule has 0 fully saturated rings. The highest BCUT2D eigenvalue weighted by Gasteiger charge is 2.22. The zero-order valence-corrected chi connectivity index (χ0v) is 10.9. The number of phenols is 1. The smallest absolute Gasteiger partial charge is 0.306 e. The summed E-state index contributed by atoms with van der Waals surface area (Å²) in [5.74, 6) is -2.78. The number of hydrogen-bond donors (Lipinski definition) is 2. The summed E-state index contributed by atoms with van der Waals surface area (Å²) >= 11 is 2.99. The van der Waals surface area contributed by atoms with Gasteiger partial charge in [0.2, 0.25) is 0 Å². The van der Waals surface area contributed by atoms with Crippen molar-refractivity contribution in [1.82, 2.24) is 0 Å². The lowest BCUT2D eigenvalue weighted by Gasteiger charge is -2.13. The van der Waals surface area contributed by atoms with Crippen molar-refractivity contribution >= 4 is 21.9 Å². The summed E-state index contributed by atoms with van der Waals surface area (Å²) in [5.41, 5.74) is -0.0638. The van der Waals surface area contributed by atoms with Crippen LogP contribution in [0.5, 0.6) is 11.5 Å². The minimum atomic E-state index is -1.05. The van der Waals surface area contributed by atoms with Crippen molar-refractivity contribution in [3.63, 3.8) is 0 Å². The number of phenolic OH excluding ortho intramolecular Hbond substituents is 1. The van der Waals surface area contributed by atoms with E-state index in [0.29, 0.717) is 0 Å². The third-order valence-corrected chi connectivity index (χ3v) is 2.98. The molecule has 0 bridgehead atoms. The number of carbonyl (C=O) groups is 1. The minimum absolute atomic E-state index is 0.0638. The summed E-state index contributed by atoms with van der Waals surface area (Å²) in [7, 11) is 1.34. The van der Waals surface area contributed by atoms with Crippen molar-refractivity contribution in [2.75, 3.05) is 7.11 Å². The average molecular weight is 307 g/mol. The SMILES string of the molecule is COc1cc(Br)c(F)c(CC(C)C(=O)O)c1O. The van der Waals surface area contributed by atoms with Crippen LogP contribution in [0.4, 0.5) is 4.39 Å². The van der Waals surface area contributed by atoms with Crippen LogP contribution in [0, 0.1) is 11.7 Å². The standard InChI is InChI=1S/C11H12BrFO4/c1-5(11(15)16)3-6-9(13)7(12)4-8(17-2)10(6)14/h4-5,14H,3H2,1-2H3,(H,15,16). The first-order valence-electron chi connectivity index (χ1n) is 4.85. The molecule has 1 rings (SSSR count). The molecule has 0 saturated carbocycles. The van der Waals surface area contributed by atoms with Crippen molar-refractivity contribution in [2.24, 2.45) is 5.92 Å². The summed E-state index contributed by atoms with van der Waals surface area (Å²) in [6.07, 6.45) is -0.108. The molecule has 2 N–H and O–H groups in total. The van der Waals surface area contributed by atoms with E-state index in [1.165, 1.54) is 20.1 Å². The fraction of sp³-hybridized carbons (Fsp3) is 0.364. The van der Waals surface area contributed by atoms with Crippen LogP contribution in [0.1, 0.15) is 12.5 Å². The number of aliphatic carboxylic acids is 1. The Morgan fingerprint density at radius 2 is 2.24 bits per heavy atom. The van der Waals surface area contributed by atoms with E-state index in [-0.39, 0.29) is 28.0 Å². The predicted molar refractivity (Wildman–Crippen MR) is 62.8 cm³/mol. The van der Waals surface area contributed by atoms with Crippen molar-refractivity contribution < 1.29 is 24.1 Å². The van der Waals surface area contributed by atoms with Gasteiger partial charge in [0.1, 0.15) is 5.82 Å². The molecule has 0 saturated heterocycles. The molecule has 17 heavy (non-hydrogen) atoms. The van der Waals surface area contributed by atoms with Gasteiger partial charge < -0.3 is 14.9 Å². The number of carboxylic acids is 1. The molecule has 1 aromatic carbocycles. The number of benzene rings is 1. The summed E-state index contributed by atoms with van der Waals surface area (Å²) in [6.45, 7) is 1.44. The second-order valence-corrected chi connectivity index (χ2v) is 4.50. The number of ether oxygens (including phenoxy) is 1. The molecule has 1 atom stereocenters. The zero-order valence-electron chi connectivity index (χ0n) is 9.33. The van der Waals surface area contributed by atoms with Crippen molar-refractivity contribution in [3.05, 3.63) is 21.9 Å². The van der Waals surface area contributed by atoms with Gasteiger partial charge in [-0.1, -0.05) is 6.92 Å². The average Bonchev–Trinajstić information content (AvgIpc) is 2.28. The zero-order chi connectivity index (χ0) is 13.2. The Labute approximate surface area is 106 Å². The molecule has 0 aliphatic heterocycles. The minimum Gasteiger partial charge on any atom is -0.504 e. The maximum absolute atomic E-state index is 13.7. The number of halogens is 2. The quantitative estimate of drug-likeness (QED) is 0.897. The van der Waals surface area contributed by atoms with Crippen LogP contribution in [0.15, 0.2) is 10.5 Å². The van der Waals surface area contributed by atoms with Crippen LogP contribution in [0.3, 0.4) is 0 Å². The largest absolute Gasteiger partial charge is 0.504 e. The third-order valence-electron chi connectivity index (χ3n) is 2.40. The molecule has 4 nitrogen and oxygen atoms in total. The number of rotatable bonds is 4. The van der Waals surface area contributed by atoms with Crippen LogP contribution in [-0.4, -0.2) is 23.3 Å². The monoisotopic (exact) mass is 306 g/mol. The first-order valence-corrected chi connectivity index (χ1v) is 5.64. The van der Waals surface area contributed by atoms with Crippen LogP contribution in [0.2, 0.25) is 0 Å². The summed E-state index contributed by atoms with van der Waals surface area (Å²) in [6, 6.07) is 1.29. The molecule has 0 amide bonds. The van der Waals surface area contributed by atoms with Crippen molar-refractivity contribution in [2.45, 2.75) is 13.3 Å². The maximum Gasteiger partial charge on any atom is 0.306 e. The van der Waals surface area contributed by atoms with Crippen LogP contribution in [0.25, 0.3) is 0 Å². The fourth-order valence-corrected chi connectivity index (χ4v) is 1.83. The second-order valence-electron chi connectivity index (χ2n) is 3.65. The van der Waals surface area contributed by atoms with Gasteiger partial charge in [-0.2, -0.15) is 0 Å². The number of hydrogen-bond acceptors (Lipinski definition) is 3. The van der Waals surface area contributed by atoms with E-state index >= 15 is 0 Å².